The van der Waals surface area contributed by atoms with Crippen LogP contribution in [0.3, 0.4) is 0 Å². The quantitative estimate of drug-likeness (QED) is 0.860. The number of hydrogen-bond acceptors (Lipinski definition) is 3. The van der Waals surface area contributed by atoms with Gasteiger partial charge in [-0.1, -0.05) is 6.07 Å². The summed E-state index contributed by atoms with van der Waals surface area (Å²) in [7, 11) is 1.60. The molecule has 2 fully saturated rings. The molecule has 1 aromatic rings. The Labute approximate surface area is 131 Å². The van der Waals surface area contributed by atoms with Crippen molar-refractivity contribution in [3.05, 3.63) is 35.4 Å². The predicted molar refractivity (Wildman–Crippen MR) is 84.8 cm³/mol. The van der Waals surface area contributed by atoms with Gasteiger partial charge in [0.1, 0.15) is 0 Å². The van der Waals surface area contributed by atoms with Crippen LogP contribution in [0.1, 0.15) is 33.6 Å². The van der Waals surface area contributed by atoms with Gasteiger partial charge in [0.2, 0.25) is 0 Å². The van der Waals surface area contributed by atoms with Gasteiger partial charge in [-0.2, -0.15) is 0 Å². The van der Waals surface area contributed by atoms with Gasteiger partial charge in [0.05, 0.1) is 0 Å². The van der Waals surface area contributed by atoms with Gasteiger partial charge < -0.3 is 15.5 Å². The second kappa shape index (κ2) is 6.48. The number of carbonyl (C=O) groups excluding carboxylic acids is 2. The van der Waals surface area contributed by atoms with Crippen LogP contribution in [0.2, 0.25) is 0 Å². The van der Waals surface area contributed by atoms with Crippen molar-refractivity contribution >= 4 is 11.8 Å². The Bertz CT molecular complexity index is 559. The fraction of sp³-hybridized carbons (Fsp3) is 0.529. The van der Waals surface area contributed by atoms with E-state index in [0.717, 1.165) is 39.0 Å². The molecule has 2 N–H and O–H groups in total. The zero-order chi connectivity index (χ0) is 15.5. The molecule has 0 bridgehead atoms. The van der Waals surface area contributed by atoms with Crippen molar-refractivity contribution in [1.82, 2.24) is 15.5 Å². The second-order valence-electron chi connectivity index (χ2n) is 6.21. The highest BCUT2D eigenvalue weighted by atomic mass is 16.2. The first-order valence-corrected chi connectivity index (χ1v) is 8.01. The van der Waals surface area contributed by atoms with Crippen LogP contribution in [0.4, 0.5) is 0 Å². The lowest BCUT2D eigenvalue weighted by Gasteiger charge is -2.21. The van der Waals surface area contributed by atoms with Gasteiger partial charge in [-0.25, -0.2) is 0 Å². The molecule has 22 heavy (non-hydrogen) atoms. The molecule has 2 heterocycles. The lowest BCUT2D eigenvalue weighted by atomic mass is 9.92. The van der Waals surface area contributed by atoms with E-state index in [1.807, 2.05) is 4.90 Å². The van der Waals surface area contributed by atoms with Crippen LogP contribution < -0.4 is 10.6 Å². The Morgan fingerprint density at radius 3 is 2.41 bits per heavy atom. The van der Waals surface area contributed by atoms with Crippen molar-refractivity contribution in [2.75, 3.05) is 33.2 Å². The number of nitrogens with zero attached hydrogens (tertiary/aromatic N) is 1. The topological polar surface area (TPSA) is 61.4 Å². The zero-order valence-electron chi connectivity index (χ0n) is 13.0. The highest BCUT2D eigenvalue weighted by Gasteiger charge is 2.31. The molecular formula is C17H23N3O2. The Morgan fingerprint density at radius 2 is 1.77 bits per heavy atom. The second-order valence-corrected chi connectivity index (χ2v) is 6.21. The number of fused-ring (bicyclic) bond motifs is 1. The van der Waals surface area contributed by atoms with Crippen LogP contribution in [0, 0.1) is 11.8 Å². The van der Waals surface area contributed by atoms with Gasteiger partial charge in [0.25, 0.3) is 11.8 Å². The molecule has 118 valence electrons. The number of amides is 2. The molecule has 2 aliphatic heterocycles. The third-order valence-corrected chi connectivity index (χ3v) is 4.91. The van der Waals surface area contributed by atoms with E-state index in [0.29, 0.717) is 23.0 Å². The predicted octanol–water partition coefficient (Wildman–Crippen LogP) is 1.12. The monoisotopic (exact) mass is 301 g/mol. The summed E-state index contributed by atoms with van der Waals surface area (Å²) in [5.74, 6) is 1.29. The lowest BCUT2D eigenvalue weighted by molar-refractivity contribution is 0.0758. The molecule has 2 saturated heterocycles. The van der Waals surface area contributed by atoms with E-state index < -0.39 is 0 Å². The number of benzene rings is 1. The molecule has 0 saturated carbocycles. The Hall–Kier alpha value is -1.88. The molecule has 2 atom stereocenters. The van der Waals surface area contributed by atoms with Crippen molar-refractivity contribution in [2.24, 2.45) is 11.8 Å². The average molecular weight is 301 g/mol. The van der Waals surface area contributed by atoms with Gasteiger partial charge in [-0.3, -0.25) is 9.59 Å². The molecule has 2 aliphatic rings. The minimum absolute atomic E-state index is 0.0404. The summed E-state index contributed by atoms with van der Waals surface area (Å²) in [6.45, 7) is 3.79. The smallest absolute Gasteiger partial charge is 0.253 e. The minimum Gasteiger partial charge on any atom is -0.355 e. The summed E-state index contributed by atoms with van der Waals surface area (Å²) < 4.78 is 0. The van der Waals surface area contributed by atoms with Gasteiger partial charge in [-0.15, -0.1) is 0 Å². The largest absolute Gasteiger partial charge is 0.355 e. The Balaban J connectivity index is 1.72. The van der Waals surface area contributed by atoms with Crippen LogP contribution in [-0.4, -0.2) is 49.9 Å². The average Bonchev–Trinajstić information content (AvgIpc) is 2.92. The highest BCUT2D eigenvalue weighted by Crippen LogP contribution is 2.27. The van der Waals surface area contributed by atoms with Crippen LogP contribution >= 0.6 is 0 Å². The molecule has 3 rings (SSSR count). The maximum absolute atomic E-state index is 12.7. The van der Waals surface area contributed by atoms with Crippen molar-refractivity contribution in [3.63, 3.8) is 0 Å². The summed E-state index contributed by atoms with van der Waals surface area (Å²) in [6, 6.07) is 6.98. The molecule has 2 amide bonds. The lowest BCUT2D eigenvalue weighted by Crippen LogP contribution is -2.33. The first kappa shape index (κ1) is 15.0. The Kier molecular flexibility index (Phi) is 4.43. The molecule has 1 aromatic carbocycles. The van der Waals surface area contributed by atoms with E-state index >= 15 is 0 Å². The summed E-state index contributed by atoms with van der Waals surface area (Å²) >= 11 is 0. The van der Waals surface area contributed by atoms with E-state index in [1.54, 1.807) is 31.3 Å². The van der Waals surface area contributed by atoms with Crippen molar-refractivity contribution in [2.45, 2.75) is 12.8 Å². The van der Waals surface area contributed by atoms with E-state index in [9.17, 15) is 9.59 Å². The fourth-order valence-electron chi connectivity index (χ4n) is 3.54. The van der Waals surface area contributed by atoms with E-state index in [4.69, 9.17) is 0 Å². The number of rotatable bonds is 2. The van der Waals surface area contributed by atoms with Crippen LogP contribution in [-0.2, 0) is 0 Å². The third-order valence-electron chi connectivity index (χ3n) is 4.91. The van der Waals surface area contributed by atoms with Crippen LogP contribution in [0.25, 0.3) is 0 Å². The van der Waals surface area contributed by atoms with Crippen molar-refractivity contribution < 1.29 is 9.59 Å². The van der Waals surface area contributed by atoms with Gasteiger partial charge in [-0.05, 0) is 56.0 Å². The van der Waals surface area contributed by atoms with Crippen LogP contribution in [0.5, 0.6) is 0 Å². The summed E-state index contributed by atoms with van der Waals surface area (Å²) in [5, 5.41) is 6.04. The molecule has 0 radical (unpaired) electrons. The van der Waals surface area contributed by atoms with E-state index in [-0.39, 0.29) is 11.8 Å². The standard InChI is InChI=1S/C17H23N3O2/c1-18-16(21)12-3-2-4-13(9-12)17(22)20-7-5-14-10-19-11-15(14)6-8-20/h2-4,9,14-15,19H,5-8,10-11H2,1H3,(H,18,21)/t14-,15+. The highest BCUT2D eigenvalue weighted by molar-refractivity contribution is 5.99. The third kappa shape index (κ3) is 2.99. The zero-order valence-corrected chi connectivity index (χ0v) is 13.0. The van der Waals surface area contributed by atoms with Crippen molar-refractivity contribution in [3.8, 4) is 0 Å². The number of hydrogen-bond donors (Lipinski definition) is 2. The SMILES string of the molecule is CNC(=O)c1cccc(C(=O)N2CC[C@@H]3CNC[C@@H]3CC2)c1. The Morgan fingerprint density at radius 1 is 1.14 bits per heavy atom. The fourth-order valence-corrected chi connectivity index (χ4v) is 3.54. The number of nitrogens with one attached hydrogen (secondary N) is 2. The molecule has 5 nitrogen and oxygen atoms in total. The van der Waals surface area contributed by atoms with Crippen LogP contribution in [0.15, 0.2) is 24.3 Å². The first-order valence-electron chi connectivity index (χ1n) is 8.01. The number of likely N-dealkylation sites (tertiary alicyclic amines) is 1. The minimum atomic E-state index is -0.161. The van der Waals surface area contributed by atoms with E-state index in [1.165, 1.54) is 0 Å². The molecule has 0 aromatic heterocycles. The molecule has 0 spiro atoms. The first-order chi connectivity index (χ1) is 10.7. The molecule has 0 unspecified atom stereocenters. The van der Waals surface area contributed by atoms with Crippen molar-refractivity contribution in [1.29, 1.82) is 0 Å². The maximum Gasteiger partial charge on any atom is 0.253 e. The van der Waals surface area contributed by atoms with Gasteiger partial charge >= 0.3 is 0 Å². The maximum atomic E-state index is 12.7. The summed E-state index contributed by atoms with van der Waals surface area (Å²) in [5.41, 5.74) is 1.13. The number of carbonyl (C=O) groups is 2. The molecule has 5 heteroatoms. The molecular weight excluding hydrogens is 278 g/mol. The summed E-state index contributed by atoms with van der Waals surface area (Å²) in [6.07, 6.45) is 2.14. The van der Waals surface area contributed by atoms with Gasteiger partial charge in [0, 0.05) is 31.3 Å². The molecule has 0 aliphatic carbocycles. The summed E-state index contributed by atoms with van der Waals surface area (Å²) in [4.78, 5) is 26.4. The normalized spacial score (nSPS) is 24.5. The van der Waals surface area contributed by atoms with Gasteiger partial charge in [0.15, 0.2) is 0 Å². The van der Waals surface area contributed by atoms with E-state index in [2.05, 4.69) is 10.6 Å².